The van der Waals surface area contributed by atoms with Crippen molar-refractivity contribution in [1.82, 2.24) is 14.5 Å². The Balaban J connectivity index is 1.93. The number of hydrogen-bond acceptors (Lipinski definition) is 4. The Hall–Kier alpha value is -2.92. The van der Waals surface area contributed by atoms with Crippen molar-refractivity contribution < 1.29 is 4.74 Å². The summed E-state index contributed by atoms with van der Waals surface area (Å²) in [6.07, 6.45) is 2.13. The van der Waals surface area contributed by atoms with Crippen molar-refractivity contribution in [1.29, 1.82) is 0 Å². The zero-order chi connectivity index (χ0) is 18.1. The highest BCUT2D eigenvalue weighted by molar-refractivity contribution is 7.11. The number of imidazole rings is 1. The molecule has 130 valence electrons. The molecule has 2 aromatic heterocycles. The number of fused-ring (bicyclic) bond motifs is 1. The van der Waals surface area contributed by atoms with Crippen molar-refractivity contribution in [2.75, 3.05) is 7.11 Å². The van der Waals surface area contributed by atoms with E-state index in [1.807, 2.05) is 50.4 Å². The number of benzene rings is 2. The van der Waals surface area contributed by atoms with Crippen LogP contribution >= 0.6 is 11.3 Å². The molecule has 0 spiro atoms. The van der Waals surface area contributed by atoms with Gasteiger partial charge in [-0.05, 0) is 42.8 Å². The Bertz CT molecular complexity index is 1110. The maximum Gasteiger partial charge on any atom is 0.143 e. The summed E-state index contributed by atoms with van der Waals surface area (Å²) in [5, 5.41) is 3.03. The van der Waals surface area contributed by atoms with Crippen LogP contribution in [-0.2, 0) is 7.05 Å². The van der Waals surface area contributed by atoms with Gasteiger partial charge in [0.15, 0.2) is 0 Å². The Morgan fingerprint density at radius 3 is 2.69 bits per heavy atom. The van der Waals surface area contributed by atoms with Gasteiger partial charge in [0.05, 0.1) is 23.7 Å². The van der Waals surface area contributed by atoms with Crippen molar-refractivity contribution in [3.05, 3.63) is 76.0 Å². The van der Waals surface area contributed by atoms with Gasteiger partial charge in [0.1, 0.15) is 16.6 Å². The Labute approximate surface area is 156 Å². The molecule has 4 aromatic rings. The molecule has 0 N–H and O–H groups in total. The largest absolute Gasteiger partial charge is 0.497 e. The highest BCUT2D eigenvalue weighted by Crippen LogP contribution is 2.30. The van der Waals surface area contributed by atoms with Crippen molar-refractivity contribution in [2.24, 2.45) is 7.05 Å². The standard InChI is InChI=1S/C21H19N3OS/c1-14-13-26-21(22-14)17(12-15-7-6-8-16(11-15)25-3)20-23-18-9-4-5-10-19(18)24(20)2/h4-13H,1-3H3/b17-12-. The minimum absolute atomic E-state index is 0.832. The summed E-state index contributed by atoms with van der Waals surface area (Å²) in [5.41, 5.74) is 5.16. The lowest BCUT2D eigenvalue weighted by atomic mass is 10.1. The van der Waals surface area contributed by atoms with Crippen LogP contribution in [-0.4, -0.2) is 21.6 Å². The third-order valence-electron chi connectivity index (χ3n) is 4.28. The molecule has 4 nitrogen and oxygen atoms in total. The van der Waals surface area contributed by atoms with Crippen LogP contribution in [0.3, 0.4) is 0 Å². The number of rotatable bonds is 4. The molecule has 0 aliphatic rings. The number of nitrogens with zero attached hydrogens (tertiary/aromatic N) is 3. The first-order valence-corrected chi connectivity index (χ1v) is 9.24. The second-order valence-corrected chi connectivity index (χ2v) is 6.97. The van der Waals surface area contributed by atoms with Gasteiger partial charge in [-0.3, -0.25) is 0 Å². The summed E-state index contributed by atoms with van der Waals surface area (Å²) in [6.45, 7) is 2.01. The van der Waals surface area contributed by atoms with Crippen molar-refractivity contribution in [3.63, 3.8) is 0 Å². The van der Waals surface area contributed by atoms with E-state index in [4.69, 9.17) is 14.7 Å². The van der Waals surface area contributed by atoms with Crippen LogP contribution < -0.4 is 4.74 Å². The number of methoxy groups -OCH3 is 1. The second kappa shape index (κ2) is 6.77. The molecule has 0 aliphatic carbocycles. The quantitative estimate of drug-likeness (QED) is 0.517. The van der Waals surface area contributed by atoms with Gasteiger partial charge in [-0.2, -0.15) is 0 Å². The average Bonchev–Trinajstić information content (AvgIpc) is 3.24. The van der Waals surface area contributed by atoms with Gasteiger partial charge in [-0.1, -0.05) is 24.3 Å². The molecule has 0 saturated carbocycles. The number of aromatic nitrogens is 3. The summed E-state index contributed by atoms with van der Waals surface area (Å²) in [5.74, 6) is 1.74. The van der Waals surface area contributed by atoms with E-state index in [9.17, 15) is 0 Å². The Morgan fingerprint density at radius 1 is 1.12 bits per heavy atom. The van der Waals surface area contributed by atoms with E-state index in [1.165, 1.54) is 0 Å². The number of hydrogen-bond donors (Lipinski definition) is 0. The summed E-state index contributed by atoms with van der Waals surface area (Å²) >= 11 is 1.64. The van der Waals surface area contributed by atoms with Crippen LogP contribution in [0, 0.1) is 6.92 Å². The molecule has 0 bridgehead atoms. The van der Waals surface area contributed by atoms with Crippen LogP contribution in [0.1, 0.15) is 22.1 Å². The molecular formula is C21H19N3OS. The number of aryl methyl sites for hydroxylation is 2. The summed E-state index contributed by atoms with van der Waals surface area (Å²) in [6, 6.07) is 16.2. The zero-order valence-corrected chi connectivity index (χ0v) is 15.7. The fourth-order valence-corrected chi connectivity index (χ4v) is 3.79. The van der Waals surface area contributed by atoms with E-state index < -0.39 is 0 Å². The minimum atomic E-state index is 0.832. The fraction of sp³-hybridized carbons (Fsp3) is 0.143. The molecule has 0 saturated heterocycles. The van der Waals surface area contributed by atoms with Crippen LogP contribution in [0.5, 0.6) is 5.75 Å². The van der Waals surface area contributed by atoms with E-state index in [-0.39, 0.29) is 0 Å². The molecule has 0 atom stereocenters. The minimum Gasteiger partial charge on any atom is -0.497 e. The first-order valence-electron chi connectivity index (χ1n) is 8.36. The monoisotopic (exact) mass is 361 g/mol. The summed E-state index contributed by atoms with van der Waals surface area (Å²) in [4.78, 5) is 9.57. The number of thiazole rings is 1. The summed E-state index contributed by atoms with van der Waals surface area (Å²) in [7, 11) is 3.73. The topological polar surface area (TPSA) is 39.9 Å². The van der Waals surface area contributed by atoms with E-state index in [2.05, 4.69) is 28.2 Å². The Kier molecular flexibility index (Phi) is 4.31. The van der Waals surface area contributed by atoms with Crippen LogP contribution in [0.4, 0.5) is 0 Å². The smallest absolute Gasteiger partial charge is 0.143 e. The predicted molar refractivity (Wildman–Crippen MR) is 108 cm³/mol. The van der Waals surface area contributed by atoms with Gasteiger partial charge in [-0.15, -0.1) is 11.3 Å². The fourth-order valence-electron chi connectivity index (χ4n) is 2.98. The number of para-hydroxylation sites is 2. The molecule has 0 unspecified atom stereocenters. The molecule has 0 fully saturated rings. The van der Waals surface area contributed by atoms with Gasteiger partial charge in [-0.25, -0.2) is 9.97 Å². The van der Waals surface area contributed by atoms with Gasteiger partial charge in [0.2, 0.25) is 0 Å². The molecular weight excluding hydrogens is 342 g/mol. The first-order chi connectivity index (χ1) is 12.7. The lowest BCUT2D eigenvalue weighted by Gasteiger charge is -2.07. The molecule has 5 heteroatoms. The lowest BCUT2D eigenvalue weighted by molar-refractivity contribution is 0.414. The molecule has 0 amide bonds. The third kappa shape index (κ3) is 3.02. The molecule has 0 aliphatic heterocycles. The van der Waals surface area contributed by atoms with E-state index in [0.717, 1.165) is 44.4 Å². The van der Waals surface area contributed by atoms with Gasteiger partial charge in [0, 0.05) is 18.1 Å². The van der Waals surface area contributed by atoms with E-state index in [0.29, 0.717) is 0 Å². The second-order valence-electron chi connectivity index (χ2n) is 6.11. The van der Waals surface area contributed by atoms with Gasteiger partial charge < -0.3 is 9.30 Å². The van der Waals surface area contributed by atoms with Gasteiger partial charge >= 0.3 is 0 Å². The highest BCUT2D eigenvalue weighted by atomic mass is 32.1. The SMILES string of the molecule is COc1cccc(/C=C(\c2nc(C)cs2)c2nc3ccccc3n2C)c1. The van der Waals surface area contributed by atoms with Crippen molar-refractivity contribution in [3.8, 4) is 5.75 Å². The zero-order valence-electron chi connectivity index (χ0n) is 14.9. The van der Waals surface area contributed by atoms with Gasteiger partial charge in [0.25, 0.3) is 0 Å². The van der Waals surface area contributed by atoms with E-state index in [1.54, 1.807) is 18.4 Å². The average molecular weight is 361 g/mol. The van der Waals surface area contributed by atoms with Crippen molar-refractivity contribution in [2.45, 2.75) is 6.92 Å². The molecule has 4 rings (SSSR count). The molecule has 2 aromatic carbocycles. The molecule has 2 heterocycles. The predicted octanol–water partition coefficient (Wildman–Crippen LogP) is 4.94. The first kappa shape index (κ1) is 16.5. The van der Waals surface area contributed by atoms with Crippen LogP contribution in [0.25, 0.3) is 22.7 Å². The highest BCUT2D eigenvalue weighted by Gasteiger charge is 2.16. The Morgan fingerprint density at radius 2 is 1.96 bits per heavy atom. The molecule has 0 radical (unpaired) electrons. The maximum atomic E-state index is 5.36. The van der Waals surface area contributed by atoms with Crippen LogP contribution in [0.15, 0.2) is 53.9 Å². The molecule has 26 heavy (non-hydrogen) atoms. The number of ether oxygens (including phenoxy) is 1. The van der Waals surface area contributed by atoms with Crippen molar-refractivity contribution >= 4 is 34.0 Å². The van der Waals surface area contributed by atoms with Crippen LogP contribution in [0.2, 0.25) is 0 Å². The lowest BCUT2D eigenvalue weighted by Crippen LogP contribution is -1.99. The normalized spacial score (nSPS) is 11.9. The third-order valence-corrected chi connectivity index (χ3v) is 5.28. The maximum absolute atomic E-state index is 5.36. The summed E-state index contributed by atoms with van der Waals surface area (Å²) < 4.78 is 7.48. The van der Waals surface area contributed by atoms with E-state index >= 15 is 0 Å².